The van der Waals surface area contributed by atoms with Crippen molar-refractivity contribution in [3.63, 3.8) is 0 Å². The predicted octanol–water partition coefficient (Wildman–Crippen LogP) is 2.02. The molecule has 0 aliphatic carbocycles. The molecule has 1 unspecified atom stereocenters. The van der Waals surface area contributed by atoms with E-state index in [0.29, 0.717) is 10.9 Å². The standard InChI is InChI=1S/C19H20N4O3/c1-13(14-8-10-15(26-3)11-9-14)22(2)18(24)12-23-19(25)16-6-4-5-7-17(16)20-21-23/h4-11,13H,12H2,1-3H3. The van der Waals surface area contributed by atoms with Crippen molar-refractivity contribution in [1.29, 1.82) is 0 Å². The molecule has 0 fully saturated rings. The Morgan fingerprint density at radius 1 is 1.19 bits per heavy atom. The van der Waals surface area contributed by atoms with Crippen LogP contribution in [0.15, 0.2) is 53.3 Å². The number of fused-ring (bicyclic) bond motifs is 1. The Balaban J connectivity index is 1.78. The monoisotopic (exact) mass is 352 g/mol. The van der Waals surface area contributed by atoms with Crippen molar-refractivity contribution >= 4 is 16.8 Å². The predicted molar refractivity (Wildman–Crippen MR) is 98.0 cm³/mol. The van der Waals surface area contributed by atoms with Gasteiger partial charge in [0.1, 0.15) is 17.8 Å². The average molecular weight is 352 g/mol. The van der Waals surface area contributed by atoms with E-state index in [1.54, 1.807) is 43.3 Å². The molecule has 0 saturated carbocycles. The minimum absolute atomic E-state index is 0.155. The van der Waals surface area contributed by atoms with Gasteiger partial charge >= 0.3 is 0 Å². The van der Waals surface area contributed by atoms with E-state index in [9.17, 15) is 9.59 Å². The fourth-order valence-corrected chi connectivity index (χ4v) is 2.69. The second-order valence-corrected chi connectivity index (χ2v) is 6.02. The van der Waals surface area contributed by atoms with Gasteiger partial charge in [0.15, 0.2) is 0 Å². The maximum absolute atomic E-state index is 12.6. The minimum atomic E-state index is -0.325. The Hall–Kier alpha value is -3.22. The smallest absolute Gasteiger partial charge is 0.278 e. The molecular weight excluding hydrogens is 332 g/mol. The molecule has 1 heterocycles. The van der Waals surface area contributed by atoms with Gasteiger partial charge in [0, 0.05) is 7.05 Å². The van der Waals surface area contributed by atoms with Crippen LogP contribution in [0.3, 0.4) is 0 Å². The zero-order valence-electron chi connectivity index (χ0n) is 14.9. The van der Waals surface area contributed by atoms with E-state index in [4.69, 9.17) is 4.74 Å². The zero-order valence-corrected chi connectivity index (χ0v) is 14.9. The Labute approximate surface area is 150 Å². The number of ether oxygens (including phenoxy) is 1. The summed E-state index contributed by atoms with van der Waals surface area (Å²) in [5.74, 6) is 0.535. The molecule has 0 spiro atoms. The molecule has 7 heteroatoms. The summed E-state index contributed by atoms with van der Waals surface area (Å²) in [6.07, 6.45) is 0. The van der Waals surface area contributed by atoms with Crippen LogP contribution in [0, 0.1) is 0 Å². The molecule has 3 rings (SSSR count). The second-order valence-electron chi connectivity index (χ2n) is 6.02. The van der Waals surface area contributed by atoms with Crippen LogP contribution in [-0.2, 0) is 11.3 Å². The fraction of sp³-hybridized carbons (Fsp3) is 0.263. The van der Waals surface area contributed by atoms with E-state index in [2.05, 4.69) is 10.3 Å². The van der Waals surface area contributed by atoms with Gasteiger partial charge in [-0.15, -0.1) is 5.10 Å². The van der Waals surface area contributed by atoms with Crippen molar-refractivity contribution in [2.24, 2.45) is 0 Å². The van der Waals surface area contributed by atoms with E-state index in [1.165, 1.54) is 0 Å². The van der Waals surface area contributed by atoms with Crippen LogP contribution in [0.5, 0.6) is 5.75 Å². The Kier molecular flexibility index (Phi) is 4.97. The maximum Gasteiger partial charge on any atom is 0.278 e. The lowest BCUT2D eigenvalue weighted by atomic mass is 10.1. The number of carbonyl (C=O) groups is 1. The van der Waals surface area contributed by atoms with Crippen LogP contribution >= 0.6 is 0 Å². The topological polar surface area (TPSA) is 77.3 Å². The van der Waals surface area contributed by atoms with Crippen LogP contribution in [-0.4, -0.2) is 40.0 Å². The number of carbonyl (C=O) groups excluding carboxylic acids is 1. The highest BCUT2D eigenvalue weighted by Gasteiger charge is 2.19. The third-order valence-electron chi connectivity index (χ3n) is 4.49. The molecule has 7 nitrogen and oxygen atoms in total. The SMILES string of the molecule is COc1ccc(C(C)N(C)C(=O)Cn2nnc3ccccc3c2=O)cc1. The first-order valence-electron chi connectivity index (χ1n) is 8.23. The highest BCUT2D eigenvalue weighted by molar-refractivity contribution is 5.78. The first-order chi connectivity index (χ1) is 12.5. The van der Waals surface area contributed by atoms with Gasteiger partial charge in [0.25, 0.3) is 5.56 Å². The van der Waals surface area contributed by atoms with Crippen LogP contribution < -0.4 is 10.3 Å². The van der Waals surface area contributed by atoms with Gasteiger partial charge in [-0.05, 0) is 36.8 Å². The number of likely N-dealkylation sites (N-methyl/N-ethyl adjacent to an activating group) is 1. The zero-order chi connectivity index (χ0) is 18.7. The summed E-state index contributed by atoms with van der Waals surface area (Å²) in [5, 5.41) is 8.32. The number of aromatic nitrogens is 3. The third-order valence-corrected chi connectivity index (χ3v) is 4.49. The molecule has 0 N–H and O–H groups in total. The van der Waals surface area contributed by atoms with Crippen molar-refractivity contribution in [1.82, 2.24) is 19.9 Å². The van der Waals surface area contributed by atoms with Crippen molar-refractivity contribution in [2.45, 2.75) is 19.5 Å². The van der Waals surface area contributed by atoms with E-state index in [0.717, 1.165) is 16.0 Å². The van der Waals surface area contributed by atoms with Gasteiger partial charge in [0.2, 0.25) is 5.91 Å². The molecule has 1 amide bonds. The largest absolute Gasteiger partial charge is 0.497 e. The number of hydrogen-bond donors (Lipinski definition) is 0. The number of nitrogens with zero attached hydrogens (tertiary/aromatic N) is 4. The molecule has 0 radical (unpaired) electrons. The quantitative estimate of drug-likeness (QED) is 0.702. The van der Waals surface area contributed by atoms with E-state index < -0.39 is 0 Å². The molecule has 0 aliphatic rings. The van der Waals surface area contributed by atoms with Gasteiger partial charge in [-0.25, -0.2) is 4.68 Å². The molecule has 0 aliphatic heterocycles. The van der Waals surface area contributed by atoms with E-state index in [-0.39, 0.29) is 24.1 Å². The Morgan fingerprint density at radius 3 is 2.58 bits per heavy atom. The Bertz CT molecular complexity index is 982. The molecule has 3 aromatic rings. The highest BCUT2D eigenvalue weighted by atomic mass is 16.5. The lowest BCUT2D eigenvalue weighted by molar-refractivity contribution is -0.132. The van der Waals surface area contributed by atoms with Crippen molar-refractivity contribution in [3.8, 4) is 5.75 Å². The molecule has 1 aromatic heterocycles. The summed E-state index contributed by atoms with van der Waals surface area (Å²) in [7, 11) is 3.31. The summed E-state index contributed by atoms with van der Waals surface area (Å²) in [6.45, 7) is 1.77. The summed E-state index contributed by atoms with van der Waals surface area (Å²) < 4.78 is 6.25. The molecule has 0 bridgehead atoms. The second kappa shape index (κ2) is 7.35. The average Bonchev–Trinajstić information content (AvgIpc) is 2.69. The normalized spacial score (nSPS) is 12.0. The molecular formula is C19H20N4O3. The summed E-state index contributed by atoms with van der Waals surface area (Å²) >= 11 is 0. The van der Waals surface area contributed by atoms with Crippen LogP contribution in [0.25, 0.3) is 10.9 Å². The van der Waals surface area contributed by atoms with Crippen LogP contribution in [0.4, 0.5) is 0 Å². The van der Waals surface area contributed by atoms with Gasteiger partial charge in [-0.2, -0.15) is 0 Å². The fourth-order valence-electron chi connectivity index (χ4n) is 2.69. The molecule has 134 valence electrons. The number of benzene rings is 2. The lowest BCUT2D eigenvalue weighted by Gasteiger charge is -2.25. The first kappa shape index (κ1) is 17.6. The number of rotatable bonds is 5. The van der Waals surface area contributed by atoms with Crippen molar-refractivity contribution < 1.29 is 9.53 Å². The van der Waals surface area contributed by atoms with Gasteiger partial charge in [-0.1, -0.05) is 29.5 Å². The highest BCUT2D eigenvalue weighted by Crippen LogP contribution is 2.21. The van der Waals surface area contributed by atoms with Gasteiger partial charge in [0.05, 0.1) is 18.5 Å². The number of methoxy groups -OCH3 is 1. The van der Waals surface area contributed by atoms with Gasteiger partial charge in [-0.3, -0.25) is 9.59 Å². The molecule has 26 heavy (non-hydrogen) atoms. The molecule has 1 atom stereocenters. The van der Waals surface area contributed by atoms with E-state index in [1.807, 2.05) is 31.2 Å². The third kappa shape index (κ3) is 3.42. The molecule has 2 aromatic carbocycles. The summed E-state index contributed by atoms with van der Waals surface area (Å²) in [6, 6.07) is 14.3. The van der Waals surface area contributed by atoms with E-state index >= 15 is 0 Å². The molecule has 0 saturated heterocycles. The van der Waals surface area contributed by atoms with Crippen LogP contribution in [0.2, 0.25) is 0 Å². The van der Waals surface area contributed by atoms with Crippen molar-refractivity contribution in [2.75, 3.05) is 14.2 Å². The lowest BCUT2D eigenvalue weighted by Crippen LogP contribution is -2.36. The van der Waals surface area contributed by atoms with Gasteiger partial charge < -0.3 is 9.64 Å². The number of amides is 1. The Morgan fingerprint density at radius 2 is 1.88 bits per heavy atom. The van der Waals surface area contributed by atoms with Crippen LogP contribution in [0.1, 0.15) is 18.5 Å². The minimum Gasteiger partial charge on any atom is -0.497 e. The first-order valence-corrected chi connectivity index (χ1v) is 8.23. The van der Waals surface area contributed by atoms with Crippen molar-refractivity contribution in [3.05, 3.63) is 64.4 Å². The number of hydrogen-bond acceptors (Lipinski definition) is 5. The maximum atomic E-state index is 12.6. The summed E-state index contributed by atoms with van der Waals surface area (Å²) in [4.78, 5) is 26.7. The summed E-state index contributed by atoms with van der Waals surface area (Å²) in [5.41, 5.74) is 1.16.